The molecule has 0 amide bonds. The van der Waals surface area contributed by atoms with Crippen LogP contribution in [0.1, 0.15) is 0 Å². The zero-order chi connectivity index (χ0) is 12.3. The molecule has 8 heteroatoms. The van der Waals surface area contributed by atoms with Gasteiger partial charge in [-0.1, -0.05) is 0 Å². The van der Waals surface area contributed by atoms with Gasteiger partial charge in [0.25, 0.3) is 0 Å². The molecule has 0 aromatic heterocycles. The van der Waals surface area contributed by atoms with Crippen molar-refractivity contribution in [1.82, 2.24) is 0 Å². The number of rotatable bonds is 1. The van der Waals surface area contributed by atoms with E-state index in [-0.39, 0.29) is 22.1 Å². The van der Waals surface area contributed by atoms with Crippen LogP contribution >= 0.6 is 15.9 Å². The minimum absolute atomic E-state index is 0.0846. The number of benzene rings is 1. The Morgan fingerprint density at radius 2 is 1.69 bits per heavy atom. The molecule has 6 N–H and O–H groups in total. The van der Waals surface area contributed by atoms with Crippen molar-refractivity contribution in [2.24, 2.45) is 27.2 Å². The maximum Gasteiger partial charge on any atom is 0.223 e. The molecule has 16 heavy (non-hydrogen) atoms. The highest BCUT2D eigenvalue weighted by molar-refractivity contribution is 9.10. The third kappa shape index (κ3) is 3.16. The van der Waals surface area contributed by atoms with Crippen LogP contribution in [0.2, 0.25) is 0 Å². The Balaban J connectivity index is 3.15. The van der Waals surface area contributed by atoms with Gasteiger partial charge in [-0.15, -0.1) is 0 Å². The first-order valence-electron chi connectivity index (χ1n) is 3.98. The molecule has 0 radical (unpaired) electrons. The van der Waals surface area contributed by atoms with Crippen LogP contribution < -0.4 is 17.2 Å². The highest BCUT2D eigenvalue weighted by Gasteiger charge is 2.07. The van der Waals surface area contributed by atoms with Crippen molar-refractivity contribution < 1.29 is 8.78 Å². The first kappa shape index (κ1) is 12.4. The van der Waals surface area contributed by atoms with Gasteiger partial charge in [-0.3, -0.25) is 0 Å². The molecule has 5 nitrogen and oxygen atoms in total. The predicted molar refractivity (Wildman–Crippen MR) is 61.2 cm³/mol. The van der Waals surface area contributed by atoms with E-state index >= 15 is 0 Å². The summed E-state index contributed by atoms with van der Waals surface area (Å²) >= 11 is 3.00. The second-order valence-electron chi connectivity index (χ2n) is 2.72. The number of aliphatic imine (C=N–C) groups is 2. The lowest BCUT2D eigenvalue weighted by atomic mass is 10.3. The monoisotopic (exact) mass is 291 g/mol. The summed E-state index contributed by atoms with van der Waals surface area (Å²) in [5, 5.41) is 0. The number of hydrogen-bond donors (Lipinski definition) is 3. The van der Waals surface area contributed by atoms with Gasteiger partial charge in [0.15, 0.2) is 17.6 Å². The maximum atomic E-state index is 12.9. The molecule has 0 saturated carbocycles. The minimum atomic E-state index is -1.04. The van der Waals surface area contributed by atoms with Crippen molar-refractivity contribution >= 4 is 33.5 Å². The lowest BCUT2D eigenvalue weighted by Crippen LogP contribution is -2.26. The van der Waals surface area contributed by atoms with E-state index in [4.69, 9.17) is 17.2 Å². The molecule has 0 saturated heterocycles. The molecule has 0 bridgehead atoms. The summed E-state index contributed by atoms with van der Waals surface area (Å²) < 4.78 is 25.9. The van der Waals surface area contributed by atoms with Crippen LogP contribution in [0.4, 0.5) is 14.5 Å². The maximum absolute atomic E-state index is 12.9. The standard InChI is InChI=1S/C8H8BrF2N5/c9-3-1-4(10)5(11)2-6(3)15-8(14)16-7(12)13/h1-2H,(H6,12,13,14,15,16). The van der Waals surface area contributed by atoms with Gasteiger partial charge in [0, 0.05) is 10.5 Å². The second kappa shape index (κ2) is 4.88. The van der Waals surface area contributed by atoms with E-state index in [2.05, 4.69) is 25.9 Å². The van der Waals surface area contributed by atoms with Crippen molar-refractivity contribution in [3.63, 3.8) is 0 Å². The van der Waals surface area contributed by atoms with E-state index in [9.17, 15) is 8.78 Å². The summed E-state index contributed by atoms with van der Waals surface area (Å²) in [6.45, 7) is 0. The molecular weight excluding hydrogens is 284 g/mol. The molecule has 0 aliphatic carbocycles. The van der Waals surface area contributed by atoms with Crippen LogP contribution in [-0.2, 0) is 0 Å². The van der Waals surface area contributed by atoms with E-state index in [1.165, 1.54) is 0 Å². The summed E-state index contributed by atoms with van der Waals surface area (Å²) in [7, 11) is 0. The smallest absolute Gasteiger partial charge is 0.223 e. The molecule has 86 valence electrons. The van der Waals surface area contributed by atoms with E-state index < -0.39 is 11.6 Å². The van der Waals surface area contributed by atoms with Gasteiger partial charge < -0.3 is 17.2 Å². The summed E-state index contributed by atoms with van der Waals surface area (Å²) in [6.07, 6.45) is 0. The van der Waals surface area contributed by atoms with Gasteiger partial charge in [0.1, 0.15) is 0 Å². The number of guanidine groups is 2. The fraction of sp³-hybridized carbons (Fsp3) is 0. The highest BCUT2D eigenvalue weighted by atomic mass is 79.9. The van der Waals surface area contributed by atoms with Crippen LogP contribution in [0.15, 0.2) is 26.6 Å². The third-order valence-corrected chi connectivity index (χ3v) is 2.10. The minimum Gasteiger partial charge on any atom is -0.370 e. The lowest BCUT2D eigenvalue weighted by molar-refractivity contribution is 0.508. The average Bonchev–Trinajstić information content (AvgIpc) is 2.12. The number of nitrogens with zero attached hydrogens (tertiary/aromatic N) is 2. The molecular formula is C8H8BrF2N5. The van der Waals surface area contributed by atoms with Crippen LogP contribution in [0.3, 0.4) is 0 Å². The average molecular weight is 292 g/mol. The Kier molecular flexibility index (Phi) is 3.78. The molecule has 1 aromatic carbocycles. The van der Waals surface area contributed by atoms with Gasteiger partial charge in [0.2, 0.25) is 5.96 Å². The van der Waals surface area contributed by atoms with Gasteiger partial charge >= 0.3 is 0 Å². The van der Waals surface area contributed by atoms with Crippen molar-refractivity contribution in [1.29, 1.82) is 0 Å². The summed E-state index contributed by atoms with van der Waals surface area (Å²) in [5.74, 6) is -2.57. The summed E-state index contributed by atoms with van der Waals surface area (Å²) in [5.41, 5.74) is 15.5. The van der Waals surface area contributed by atoms with Crippen molar-refractivity contribution in [3.05, 3.63) is 28.2 Å². The second-order valence-corrected chi connectivity index (χ2v) is 3.58. The highest BCUT2D eigenvalue weighted by Crippen LogP contribution is 2.27. The molecule has 0 atom stereocenters. The zero-order valence-corrected chi connectivity index (χ0v) is 9.50. The number of hydrogen-bond acceptors (Lipinski definition) is 1. The van der Waals surface area contributed by atoms with E-state index in [0.29, 0.717) is 0 Å². The van der Waals surface area contributed by atoms with Crippen molar-refractivity contribution in [2.45, 2.75) is 0 Å². The normalized spacial score (nSPS) is 11.3. The van der Waals surface area contributed by atoms with Gasteiger partial charge in [0.05, 0.1) is 5.69 Å². The van der Waals surface area contributed by atoms with Crippen LogP contribution in [0, 0.1) is 11.6 Å². The fourth-order valence-corrected chi connectivity index (χ4v) is 1.28. The summed E-state index contributed by atoms with van der Waals surface area (Å²) in [6, 6.07) is 1.80. The topological polar surface area (TPSA) is 103 Å². The van der Waals surface area contributed by atoms with Crippen LogP contribution in [-0.4, -0.2) is 11.9 Å². The van der Waals surface area contributed by atoms with Crippen LogP contribution in [0.25, 0.3) is 0 Å². The Morgan fingerprint density at radius 3 is 2.25 bits per heavy atom. The summed E-state index contributed by atoms with van der Waals surface area (Å²) in [4.78, 5) is 7.12. The Bertz CT molecular complexity index is 468. The quantitative estimate of drug-likeness (QED) is 0.408. The van der Waals surface area contributed by atoms with Crippen molar-refractivity contribution in [2.75, 3.05) is 0 Å². The SMILES string of the molecule is NC(N)=NC(N)=Nc1cc(F)c(F)cc1Br. The largest absolute Gasteiger partial charge is 0.370 e. The molecule has 0 aliphatic heterocycles. The van der Waals surface area contributed by atoms with Crippen LogP contribution in [0.5, 0.6) is 0 Å². The van der Waals surface area contributed by atoms with E-state index in [1.54, 1.807) is 0 Å². The lowest BCUT2D eigenvalue weighted by Gasteiger charge is -2.00. The molecule has 0 spiro atoms. The number of nitrogens with two attached hydrogens (primary N) is 3. The Hall–Kier alpha value is -1.70. The fourth-order valence-electron chi connectivity index (χ4n) is 0.878. The van der Waals surface area contributed by atoms with Gasteiger partial charge in [-0.2, -0.15) is 4.99 Å². The van der Waals surface area contributed by atoms with Gasteiger partial charge in [-0.05, 0) is 22.0 Å². The third-order valence-electron chi connectivity index (χ3n) is 1.47. The molecule has 0 heterocycles. The molecule has 0 unspecified atom stereocenters. The molecule has 1 aromatic rings. The Morgan fingerprint density at radius 1 is 1.12 bits per heavy atom. The molecule has 0 fully saturated rings. The van der Waals surface area contributed by atoms with E-state index in [0.717, 1.165) is 12.1 Å². The first-order valence-corrected chi connectivity index (χ1v) is 4.78. The predicted octanol–water partition coefficient (Wildman–Crippen LogP) is 0.947. The molecule has 1 rings (SSSR count). The van der Waals surface area contributed by atoms with Gasteiger partial charge in [-0.25, -0.2) is 13.8 Å². The first-order chi connectivity index (χ1) is 7.40. The van der Waals surface area contributed by atoms with Crippen molar-refractivity contribution in [3.8, 4) is 0 Å². The number of halogens is 3. The van der Waals surface area contributed by atoms with E-state index in [1.807, 2.05) is 0 Å². The molecule has 0 aliphatic rings. The zero-order valence-electron chi connectivity index (χ0n) is 7.92. The Labute approximate surface area is 98.2 Å².